The van der Waals surface area contributed by atoms with E-state index in [0.29, 0.717) is 0 Å². The average molecular weight is 323 g/mol. The zero-order chi connectivity index (χ0) is 17.8. The fourth-order valence-electron chi connectivity index (χ4n) is 2.37. The van der Waals surface area contributed by atoms with E-state index < -0.39 is 5.54 Å². The number of hydrogen-bond acceptors (Lipinski definition) is 4. The molecule has 0 heterocycles. The molecule has 5 nitrogen and oxygen atoms in total. The van der Waals surface area contributed by atoms with E-state index in [4.69, 9.17) is 0 Å². The number of aromatic hydroxyl groups is 1. The van der Waals surface area contributed by atoms with Crippen molar-refractivity contribution in [2.24, 2.45) is 0 Å². The molecule has 0 aliphatic heterocycles. The molecule has 1 amide bonds. The molecule has 0 aliphatic rings. The first kappa shape index (κ1) is 19.5. The molecule has 4 N–H and O–H groups in total. The van der Waals surface area contributed by atoms with Crippen LogP contribution in [-0.2, 0) is 10.2 Å². The molecule has 0 aromatic heterocycles. The van der Waals surface area contributed by atoms with Crippen molar-refractivity contribution in [1.82, 2.24) is 5.32 Å². The van der Waals surface area contributed by atoms with Crippen molar-refractivity contribution in [1.29, 1.82) is 0 Å². The maximum absolute atomic E-state index is 12.1. The highest BCUT2D eigenvalue weighted by atomic mass is 16.3. The number of aliphatic hydroxyl groups excluding tert-OH is 2. The number of rotatable bonds is 6. The lowest BCUT2D eigenvalue weighted by Gasteiger charge is -2.27. The number of hydrogen-bond donors (Lipinski definition) is 4. The largest absolute Gasteiger partial charge is 0.508 e. The SMILES string of the molecule is CC(CC(=O)NC(C)(CO)CO)c1ccc(O)c(C(C)(C)C)c1. The summed E-state index contributed by atoms with van der Waals surface area (Å²) >= 11 is 0. The minimum atomic E-state index is -1.01. The standard InChI is InChI=1S/C18H29NO4/c1-12(8-16(23)19-18(5,10-20)11-21)13-6-7-15(22)14(9-13)17(2,3)4/h6-7,9,12,20-22H,8,10-11H2,1-5H3,(H,19,23). The molecule has 23 heavy (non-hydrogen) atoms. The van der Waals surface area contributed by atoms with Crippen molar-refractivity contribution in [3.8, 4) is 5.75 Å². The Hall–Kier alpha value is -1.59. The zero-order valence-corrected chi connectivity index (χ0v) is 14.7. The second kappa shape index (κ2) is 7.32. The molecule has 1 unspecified atom stereocenters. The van der Waals surface area contributed by atoms with Gasteiger partial charge in [-0.05, 0) is 35.4 Å². The maximum Gasteiger partial charge on any atom is 0.221 e. The van der Waals surface area contributed by atoms with Crippen LogP contribution in [0.2, 0.25) is 0 Å². The summed E-state index contributed by atoms with van der Waals surface area (Å²) in [6, 6.07) is 5.42. The van der Waals surface area contributed by atoms with Crippen molar-refractivity contribution >= 4 is 5.91 Å². The maximum atomic E-state index is 12.1. The topological polar surface area (TPSA) is 89.8 Å². The van der Waals surface area contributed by atoms with Gasteiger partial charge in [0.1, 0.15) is 5.75 Å². The van der Waals surface area contributed by atoms with Gasteiger partial charge in [-0.25, -0.2) is 0 Å². The van der Waals surface area contributed by atoms with Gasteiger partial charge < -0.3 is 20.6 Å². The van der Waals surface area contributed by atoms with Gasteiger partial charge in [0, 0.05) is 6.42 Å². The molecule has 0 bridgehead atoms. The predicted molar refractivity (Wildman–Crippen MR) is 90.6 cm³/mol. The lowest BCUT2D eigenvalue weighted by atomic mass is 9.83. The summed E-state index contributed by atoms with van der Waals surface area (Å²) in [5.41, 5.74) is 0.618. The van der Waals surface area contributed by atoms with Gasteiger partial charge in [-0.1, -0.05) is 39.8 Å². The second-order valence-corrected chi connectivity index (χ2v) is 7.56. The first-order chi connectivity index (χ1) is 10.5. The minimum Gasteiger partial charge on any atom is -0.508 e. The number of aliphatic hydroxyl groups is 2. The van der Waals surface area contributed by atoms with Gasteiger partial charge in [0.2, 0.25) is 5.91 Å². The van der Waals surface area contributed by atoms with E-state index in [1.165, 1.54) is 0 Å². The van der Waals surface area contributed by atoms with Gasteiger partial charge in [0.05, 0.1) is 18.8 Å². The van der Waals surface area contributed by atoms with Crippen LogP contribution in [0.15, 0.2) is 18.2 Å². The summed E-state index contributed by atoms with van der Waals surface area (Å²) in [6.07, 6.45) is 0.240. The molecule has 0 saturated heterocycles. The molecule has 5 heteroatoms. The third kappa shape index (κ3) is 5.22. The molecule has 130 valence electrons. The summed E-state index contributed by atoms with van der Waals surface area (Å²) in [6.45, 7) is 8.96. The summed E-state index contributed by atoms with van der Waals surface area (Å²) in [5, 5.41) is 31.2. The number of nitrogens with one attached hydrogen (secondary N) is 1. The number of benzene rings is 1. The van der Waals surface area contributed by atoms with Crippen LogP contribution in [0.4, 0.5) is 0 Å². The van der Waals surface area contributed by atoms with Crippen LogP contribution in [0.1, 0.15) is 58.1 Å². The summed E-state index contributed by atoms with van der Waals surface area (Å²) in [5.74, 6) is -0.0159. The Morgan fingerprint density at radius 3 is 2.22 bits per heavy atom. The molecule has 0 aliphatic carbocycles. The third-order valence-corrected chi connectivity index (χ3v) is 4.03. The molecular weight excluding hydrogens is 294 g/mol. The number of phenols is 1. The lowest BCUT2D eigenvalue weighted by Crippen LogP contribution is -2.51. The van der Waals surface area contributed by atoms with Crippen LogP contribution in [-0.4, -0.2) is 40.0 Å². The quantitative estimate of drug-likeness (QED) is 0.645. The Kier molecular flexibility index (Phi) is 6.19. The van der Waals surface area contributed by atoms with Crippen molar-refractivity contribution in [2.75, 3.05) is 13.2 Å². The van der Waals surface area contributed by atoms with Gasteiger partial charge in [-0.2, -0.15) is 0 Å². The summed E-state index contributed by atoms with van der Waals surface area (Å²) < 4.78 is 0. The zero-order valence-electron chi connectivity index (χ0n) is 14.7. The van der Waals surface area contributed by atoms with Crippen molar-refractivity contribution in [2.45, 2.75) is 57.9 Å². The fourth-order valence-corrected chi connectivity index (χ4v) is 2.37. The number of amides is 1. The highest BCUT2D eigenvalue weighted by Gasteiger charge is 2.26. The van der Waals surface area contributed by atoms with Crippen LogP contribution in [0, 0.1) is 0 Å². The van der Waals surface area contributed by atoms with E-state index in [2.05, 4.69) is 5.32 Å². The molecule has 1 atom stereocenters. The number of phenolic OH excluding ortho intramolecular Hbond substituents is 1. The normalized spacial score (nSPS) is 13.7. The molecule has 0 saturated carbocycles. The molecule has 0 fully saturated rings. The van der Waals surface area contributed by atoms with Crippen molar-refractivity contribution in [3.63, 3.8) is 0 Å². The van der Waals surface area contributed by atoms with Gasteiger partial charge >= 0.3 is 0 Å². The van der Waals surface area contributed by atoms with E-state index in [0.717, 1.165) is 11.1 Å². The second-order valence-electron chi connectivity index (χ2n) is 7.56. The van der Waals surface area contributed by atoms with Gasteiger partial charge in [0.15, 0.2) is 0 Å². The monoisotopic (exact) mass is 323 g/mol. The van der Waals surface area contributed by atoms with Crippen LogP contribution >= 0.6 is 0 Å². The average Bonchev–Trinajstić information content (AvgIpc) is 2.46. The van der Waals surface area contributed by atoms with E-state index in [9.17, 15) is 20.1 Å². The summed E-state index contributed by atoms with van der Waals surface area (Å²) in [7, 11) is 0. The van der Waals surface area contributed by atoms with E-state index in [1.54, 1.807) is 13.0 Å². The number of carbonyl (C=O) groups excluding carboxylic acids is 1. The van der Waals surface area contributed by atoms with Crippen LogP contribution in [0.25, 0.3) is 0 Å². The number of carbonyl (C=O) groups is 1. The van der Waals surface area contributed by atoms with Crippen LogP contribution in [0.3, 0.4) is 0 Å². The van der Waals surface area contributed by atoms with Crippen molar-refractivity contribution < 1.29 is 20.1 Å². The summed E-state index contributed by atoms with van der Waals surface area (Å²) in [4.78, 5) is 12.1. The first-order valence-corrected chi connectivity index (χ1v) is 7.88. The lowest BCUT2D eigenvalue weighted by molar-refractivity contribution is -0.124. The molecule has 1 rings (SSSR count). The molecule has 1 aromatic rings. The predicted octanol–water partition coefficient (Wildman–Crippen LogP) is 2.04. The van der Waals surface area contributed by atoms with E-state index >= 15 is 0 Å². The van der Waals surface area contributed by atoms with E-state index in [1.807, 2.05) is 39.8 Å². The van der Waals surface area contributed by atoms with Gasteiger partial charge in [-0.15, -0.1) is 0 Å². The molecule has 0 spiro atoms. The Morgan fingerprint density at radius 2 is 1.74 bits per heavy atom. The Morgan fingerprint density at radius 1 is 1.17 bits per heavy atom. The highest BCUT2D eigenvalue weighted by molar-refractivity contribution is 5.77. The molecular formula is C18H29NO4. The first-order valence-electron chi connectivity index (χ1n) is 7.88. The van der Waals surface area contributed by atoms with Crippen molar-refractivity contribution in [3.05, 3.63) is 29.3 Å². The van der Waals surface area contributed by atoms with E-state index in [-0.39, 0.29) is 42.6 Å². The smallest absolute Gasteiger partial charge is 0.221 e. The molecule has 0 radical (unpaired) electrons. The van der Waals surface area contributed by atoms with Crippen LogP contribution < -0.4 is 5.32 Å². The fraction of sp³-hybridized carbons (Fsp3) is 0.611. The third-order valence-electron chi connectivity index (χ3n) is 4.03. The Bertz CT molecular complexity index is 544. The Labute approximate surface area is 138 Å². The van der Waals surface area contributed by atoms with Crippen LogP contribution in [0.5, 0.6) is 5.75 Å². The van der Waals surface area contributed by atoms with Gasteiger partial charge in [-0.3, -0.25) is 4.79 Å². The molecule has 1 aromatic carbocycles. The minimum absolute atomic E-state index is 0.0432. The van der Waals surface area contributed by atoms with Gasteiger partial charge in [0.25, 0.3) is 0 Å². The highest BCUT2D eigenvalue weighted by Crippen LogP contribution is 2.33. The Balaban J connectivity index is 2.87.